The van der Waals surface area contributed by atoms with Gasteiger partial charge in [-0.05, 0) is 30.5 Å². The molecule has 1 nitrogen and oxygen atoms in total. The smallest absolute Gasteiger partial charge is 0.123 e. The van der Waals surface area contributed by atoms with Crippen molar-refractivity contribution in [2.24, 2.45) is 5.92 Å². The Kier molecular flexibility index (Phi) is 4.28. The Balaban J connectivity index is 2.94. The number of halogens is 1. The Bertz CT molecular complexity index is 292. The van der Waals surface area contributed by atoms with Crippen molar-refractivity contribution in [2.75, 3.05) is 0 Å². The molecule has 0 aromatic heterocycles. The summed E-state index contributed by atoms with van der Waals surface area (Å²) in [4.78, 5) is 0. The van der Waals surface area contributed by atoms with E-state index in [2.05, 4.69) is 13.8 Å². The van der Waals surface area contributed by atoms with Crippen LogP contribution in [0.5, 0.6) is 0 Å². The van der Waals surface area contributed by atoms with Crippen molar-refractivity contribution >= 4 is 0 Å². The molecule has 84 valence electrons. The molecule has 2 heteroatoms. The molecule has 0 aliphatic heterocycles. The molecule has 0 bridgehead atoms. The van der Waals surface area contributed by atoms with Crippen LogP contribution in [0.1, 0.15) is 38.7 Å². The van der Waals surface area contributed by atoms with Gasteiger partial charge < -0.3 is 5.11 Å². The van der Waals surface area contributed by atoms with Gasteiger partial charge >= 0.3 is 0 Å². The van der Waals surface area contributed by atoms with Crippen LogP contribution in [0.3, 0.4) is 0 Å². The van der Waals surface area contributed by atoms with Crippen LogP contribution in [-0.2, 0) is 0 Å². The van der Waals surface area contributed by atoms with E-state index in [1.807, 2.05) is 0 Å². The van der Waals surface area contributed by atoms with E-state index in [-0.39, 0.29) is 11.7 Å². The number of benzene rings is 1. The van der Waals surface area contributed by atoms with E-state index < -0.39 is 6.10 Å². The highest BCUT2D eigenvalue weighted by Gasteiger charge is 2.22. The maximum atomic E-state index is 12.8. The predicted molar refractivity (Wildman–Crippen MR) is 60.3 cm³/mol. The van der Waals surface area contributed by atoms with E-state index in [0.717, 1.165) is 12.0 Å². The predicted octanol–water partition coefficient (Wildman–Crippen LogP) is 3.34. The Hall–Kier alpha value is -0.890. The first-order chi connectivity index (χ1) is 7.06. The van der Waals surface area contributed by atoms with Crippen LogP contribution in [0.2, 0.25) is 0 Å². The summed E-state index contributed by atoms with van der Waals surface area (Å²) >= 11 is 0. The van der Waals surface area contributed by atoms with Gasteiger partial charge in [0.2, 0.25) is 0 Å². The SMILES string of the molecule is CCC(C)[C@@H](c1ccc(F)cc1)C(C)O. The maximum Gasteiger partial charge on any atom is 0.123 e. The topological polar surface area (TPSA) is 20.2 Å². The highest BCUT2D eigenvalue weighted by Crippen LogP contribution is 2.30. The molecule has 0 saturated heterocycles. The minimum Gasteiger partial charge on any atom is -0.393 e. The van der Waals surface area contributed by atoms with Crippen LogP contribution < -0.4 is 0 Å². The fourth-order valence-electron chi connectivity index (χ4n) is 2.02. The largest absolute Gasteiger partial charge is 0.393 e. The molecule has 0 aliphatic rings. The summed E-state index contributed by atoms with van der Waals surface area (Å²) in [5.74, 6) is 0.262. The van der Waals surface area contributed by atoms with E-state index in [1.54, 1.807) is 19.1 Å². The van der Waals surface area contributed by atoms with Gasteiger partial charge in [-0.15, -0.1) is 0 Å². The number of hydrogen-bond acceptors (Lipinski definition) is 1. The molecular weight excluding hydrogens is 191 g/mol. The number of hydrogen-bond donors (Lipinski definition) is 1. The summed E-state index contributed by atoms with van der Waals surface area (Å²) in [5, 5.41) is 9.74. The molecule has 0 aliphatic carbocycles. The average Bonchev–Trinajstić information content (AvgIpc) is 2.20. The second-order valence-electron chi connectivity index (χ2n) is 4.20. The van der Waals surface area contributed by atoms with Gasteiger partial charge in [-0.3, -0.25) is 0 Å². The lowest BCUT2D eigenvalue weighted by Gasteiger charge is -2.26. The van der Waals surface area contributed by atoms with Crippen LogP contribution in [0, 0.1) is 11.7 Å². The zero-order valence-corrected chi connectivity index (χ0v) is 9.57. The van der Waals surface area contributed by atoms with Gasteiger partial charge in [0, 0.05) is 5.92 Å². The highest BCUT2D eigenvalue weighted by atomic mass is 19.1. The summed E-state index contributed by atoms with van der Waals surface area (Å²) in [6, 6.07) is 6.43. The van der Waals surface area contributed by atoms with Crippen LogP contribution in [0.25, 0.3) is 0 Å². The average molecular weight is 210 g/mol. The Labute approximate surface area is 90.9 Å². The van der Waals surface area contributed by atoms with Crippen molar-refractivity contribution in [1.29, 1.82) is 0 Å². The first-order valence-corrected chi connectivity index (χ1v) is 5.49. The molecule has 3 atom stereocenters. The molecular formula is C13H19FO. The van der Waals surface area contributed by atoms with E-state index in [0.29, 0.717) is 5.92 Å². The standard InChI is InChI=1S/C13H19FO/c1-4-9(2)13(10(3)15)11-5-7-12(14)8-6-11/h5-10,13,15H,4H2,1-3H3/t9?,10?,13-/m1/s1. The van der Waals surface area contributed by atoms with Gasteiger partial charge in [-0.2, -0.15) is 0 Å². The van der Waals surface area contributed by atoms with Crippen molar-refractivity contribution in [3.05, 3.63) is 35.6 Å². The van der Waals surface area contributed by atoms with E-state index in [1.165, 1.54) is 12.1 Å². The van der Waals surface area contributed by atoms with Crippen molar-refractivity contribution in [3.63, 3.8) is 0 Å². The van der Waals surface area contributed by atoms with Gasteiger partial charge in [0.15, 0.2) is 0 Å². The number of aliphatic hydroxyl groups excluding tert-OH is 1. The number of aliphatic hydroxyl groups is 1. The monoisotopic (exact) mass is 210 g/mol. The third-order valence-corrected chi connectivity index (χ3v) is 3.03. The molecule has 1 aromatic rings. The normalized spacial score (nSPS) is 17.1. The minimum absolute atomic E-state index is 0.0931. The molecule has 0 saturated carbocycles. The van der Waals surface area contributed by atoms with Gasteiger partial charge in [0.05, 0.1) is 6.10 Å². The Morgan fingerprint density at radius 1 is 1.20 bits per heavy atom. The lowest BCUT2D eigenvalue weighted by Crippen LogP contribution is -2.21. The van der Waals surface area contributed by atoms with Gasteiger partial charge in [-0.25, -0.2) is 4.39 Å². The van der Waals surface area contributed by atoms with Crippen molar-refractivity contribution in [2.45, 2.75) is 39.2 Å². The molecule has 0 fully saturated rings. The summed E-state index contributed by atoms with van der Waals surface area (Å²) < 4.78 is 12.8. The van der Waals surface area contributed by atoms with Gasteiger partial charge in [0.25, 0.3) is 0 Å². The lowest BCUT2D eigenvalue weighted by molar-refractivity contribution is 0.134. The summed E-state index contributed by atoms with van der Waals surface area (Å²) in [5.41, 5.74) is 1.01. The third kappa shape index (κ3) is 3.03. The van der Waals surface area contributed by atoms with Crippen LogP contribution >= 0.6 is 0 Å². The molecule has 0 radical (unpaired) electrons. The molecule has 0 amide bonds. The fraction of sp³-hybridized carbons (Fsp3) is 0.538. The highest BCUT2D eigenvalue weighted by molar-refractivity contribution is 5.22. The maximum absolute atomic E-state index is 12.8. The van der Waals surface area contributed by atoms with Crippen molar-refractivity contribution < 1.29 is 9.50 Å². The number of rotatable bonds is 4. The van der Waals surface area contributed by atoms with Crippen molar-refractivity contribution in [3.8, 4) is 0 Å². The minimum atomic E-state index is -0.398. The molecule has 1 aromatic carbocycles. The van der Waals surface area contributed by atoms with Crippen LogP contribution in [0.15, 0.2) is 24.3 Å². The molecule has 2 unspecified atom stereocenters. The van der Waals surface area contributed by atoms with Crippen molar-refractivity contribution in [1.82, 2.24) is 0 Å². The van der Waals surface area contributed by atoms with E-state index in [9.17, 15) is 9.50 Å². The molecule has 0 spiro atoms. The fourth-order valence-corrected chi connectivity index (χ4v) is 2.02. The zero-order valence-electron chi connectivity index (χ0n) is 9.57. The summed E-state index contributed by atoms with van der Waals surface area (Å²) in [7, 11) is 0. The lowest BCUT2D eigenvalue weighted by atomic mass is 9.82. The molecule has 1 N–H and O–H groups in total. The van der Waals surface area contributed by atoms with E-state index in [4.69, 9.17) is 0 Å². The second-order valence-corrected chi connectivity index (χ2v) is 4.20. The van der Waals surface area contributed by atoms with E-state index >= 15 is 0 Å². The molecule has 0 heterocycles. The van der Waals surface area contributed by atoms with Crippen LogP contribution in [0.4, 0.5) is 4.39 Å². The summed E-state index contributed by atoms with van der Waals surface area (Å²) in [6.07, 6.45) is 0.609. The van der Waals surface area contributed by atoms with Crippen LogP contribution in [-0.4, -0.2) is 11.2 Å². The first kappa shape index (κ1) is 12.2. The zero-order chi connectivity index (χ0) is 11.4. The Morgan fingerprint density at radius 2 is 1.73 bits per heavy atom. The quantitative estimate of drug-likeness (QED) is 0.808. The molecule has 15 heavy (non-hydrogen) atoms. The molecule has 1 rings (SSSR count). The summed E-state index contributed by atoms with van der Waals surface area (Å²) in [6.45, 7) is 6.00. The second kappa shape index (κ2) is 5.26. The van der Waals surface area contributed by atoms with Gasteiger partial charge in [-0.1, -0.05) is 32.4 Å². The third-order valence-electron chi connectivity index (χ3n) is 3.03. The first-order valence-electron chi connectivity index (χ1n) is 5.49. The Morgan fingerprint density at radius 3 is 2.13 bits per heavy atom. The van der Waals surface area contributed by atoms with Gasteiger partial charge in [0.1, 0.15) is 5.82 Å².